The van der Waals surface area contributed by atoms with Gasteiger partial charge in [-0.25, -0.2) is 9.18 Å². The minimum atomic E-state index is -1.08. The second-order valence-corrected chi connectivity index (χ2v) is 9.27. The van der Waals surface area contributed by atoms with Gasteiger partial charge in [0.05, 0.1) is 19.3 Å². The monoisotopic (exact) mass is 471 g/mol. The van der Waals surface area contributed by atoms with Gasteiger partial charge in [0.15, 0.2) is 11.6 Å². The second-order valence-electron chi connectivity index (χ2n) is 9.27. The maximum absolute atomic E-state index is 15.4. The van der Waals surface area contributed by atoms with Gasteiger partial charge in [-0.3, -0.25) is 0 Å². The number of ether oxygens (including phenoxy) is 3. The molecule has 0 unspecified atom stereocenters. The van der Waals surface area contributed by atoms with E-state index in [9.17, 15) is 9.90 Å². The summed E-state index contributed by atoms with van der Waals surface area (Å²) in [4.78, 5) is 12.1. The molecule has 2 N–H and O–H groups in total. The fraction of sp³-hybridized carbons (Fsp3) is 0.519. The number of carboxylic acids is 1. The van der Waals surface area contributed by atoms with E-state index in [2.05, 4.69) is 5.32 Å². The topological polar surface area (TPSA) is 77.0 Å². The molecule has 2 fully saturated rings. The summed E-state index contributed by atoms with van der Waals surface area (Å²) in [5.41, 5.74) is 2.49. The zero-order valence-electron chi connectivity index (χ0n) is 20.0. The Labute approximate surface area is 200 Å². The lowest BCUT2D eigenvalue weighted by Gasteiger charge is -2.35. The lowest BCUT2D eigenvalue weighted by molar-refractivity contribution is -0.145. The molecule has 184 valence electrons. The molecular formula is C27H34FNO5. The molecule has 0 spiro atoms. The third-order valence-electron chi connectivity index (χ3n) is 6.79. The molecule has 7 heteroatoms. The Hall–Kier alpha value is -2.64. The lowest BCUT2D eigenvalue weighted by atomic mass is 9.89. The highest BCUT2D eigenvalue weighted by molar-refractivity contribution is 5.83. The van der Waals surface area contributed by atoms with E-state index >= 15 is 4.39 Å². The van der Waals surface area contributed by atoms with Crippen LogP contribution in [0.15, 0.2) is 30.3 Å². The molecule has 2 aromatic carbocycles. The average Bonchev–Trinajstić information content (AvgIpc) is 3.34. The van der Waals surface area contributed by atoms with Crippen LogP contribution in [0.1, 0.15) is 56.6 Å². The molecule has 0 bridgehead atoms. The molecule has 34 heavy (non-hydrogen) atoms. The number of anilines is 1. The van der Waals surface area contributed by atoms with Crippen LogP contribution in [0.4, 0.5) is 10.1 Å². The maximum Gasteiger partial charge on any atom is 0.329 e. The Kier molecular flexibility index (Phi) is 7.73. The Bertz CT molecular complexity index is 1010. The first-order valence-electron chi connectivity index (χ1n) is 12.2. The van der Waals surface area contributed by atoms with E-state index < -0.39 is 17.3 Å². The summed E-state index contributed by atoms with van der Waals surface area (Å²) < 4.78 is 32.5. The van der Waals surface area contributed by atoms with Crippen LogP contribution in [0.2, 0.25) is 0 Å². The molecule has 1 saturated heterocycles. The van der Waals surface area contributed by atoms with Crippen molar-refractivity contribution in [1.29, 1.82) is 0 Å². The summed E-state index contributed by atoms with van der Waals surface area (Å²) >= 11 is 0. The molecule has 1 aliphatic carbocycles. The van der Waals surface area contributed by atoms with Crippen molar-refractivity contribution in [2.45, 2.75) is 70.6 Å². The second kappa shape index (κ2) is 10.7. The van der Waals surface area contributed by atoms with Gasteiger partial charge in [-0.2, -0.15) is 0 Å². The fourth-order valence-electron chi connectivity index (χ4n) is 4.90. The maximum atomic E-state index is 15.4. The van der Waals surface area contributed by atoms with Gasteiger partial charge >= 0.3 is 5.97 Å². The molecule has 6 nitrogen and oxygen atoms in total. The highest BCUT2D eigenvalue weighted by atomic mass is 19.1. The first-order valence-corrected chi connectivity index (χ1v) is 12.2. The van der Waals surface area contributed by atoms with E-state index in [0.717, 1.165) is 42.4 Å². The summed E-state index contributed by atoms with van der Waals surface area (Å²) in [7, 11) is 0. The minimum absolute atomic E-state index is 0.201. The number of carbonyl (C=O) groups is 1. The van der Waals surface area contributed by atoms with E-state index in [1.54, 1.807) is 6.07 Å². The van der Waals surface area contributed by atoms with Gasteiger partial charge in [0.1, 0.15) is 5.54 Å². The zero-order chi connectivity index (χ0) is 24.1. The van der Waals surface area contributed by atoms with Gasteiger partial charge in [-0.15, -0.1) is 0 Å². The van der Waals surface area contributed by atoms with Crippen molar-refractivity contribution in [2.75, 3.05) is 25.1 Å². The summed E-state index contributed by atoms with van der Waals surface area (Å²) in [5, 5.41) is 13.2. The van der Waals surface area contributed by atoms with Crippen molar-refractivity contribution in [3.8, 4) is 16.9 Å². The smallest absolute Gasteiger partial charge is 0.329 e. The number of halogens is 1. The number of aliphatic carboxylic acids is 1. The van der Waals surface area contributed by atoms with E-state index in [1.807, 2.05) is 38.1 Å². The highest BCUT2D eigenvalue weighted by Crippen LogP contribution is 2.36. The Morgan fingerprint density at radius 3 is 2.59 bits per heavy atom. The van der Waals surface area contributed by atoms with Crippen molar-refractivity contribution in [2.24, 2.45) is 0 Å². The quantitative estimate of drug-likeness (QED) is 0.488. The number of hydrogen-bond acceptors (Lipinski definition) is 5. The summed E-state index contributed by atoms with van der Waals surface area (Å²) in [6.07, 6.45) is 5.33. The van der Waals surface area contributed by atoms with Crippen LogP contribution < -0.4 is 10.1 Å². The van der Waals surface area contributed by atoms with Crippen molar-refractivity contribution in [3.05, 3.63) is 47.3 Å². The number of benzene rings is 2. The van der Waals surface area contributed by atoms with Gasteiger partial charge in [-0.05, 0) is 67.6 Å². The van der Waals surface area contributed by atoms with Gasteiger partial charge in [-0.1, -0.05) is 18.9 Å². The molecule has 1 saturated carbocycles. The molecule has 0 aromatic heterocycles. The van der Waals surface area contributed by atoms with Crippen molar-refractivity contribution >= 4 is 11.7 Å². The Morgan fingerprint density at radius 1 is 1.18 bits per heavy atom. The number of aryl methyl sites for hydroxylation is 1. The van der Waals surface area contributed by atoms with Crippen molar-refractivity contribution < 1.29 is 28.5 Å². The van der Waals surface area contributed by atoms with Crippen LogP contribution >= 0.6 is 0 Å². The van der Waals surface area contributed by atoms with Gasteiger partial charge < -0.3 is 24.6 Å². The molecule has 0 atom stereocenters. The Balaban J connectivity index is 1.71. The Morgan fingerprint density at radius 2 is 1.91 bits per heavy atom. The first-order chi connectivity index (χ1) is 16.4. The molecule has 2 aromatic rings. The predicted molar refractivity (Wildman–Crippen MR) is 129 cm³/mol. The number of rotatable bonds is 9. The van der Waals surface area contributed by atoms with E-state index in [4.69, 9.17) is 14.2 Å². The third kappa shape index (κ3) is 5.36. The van der Waals surface area contributed by atoms with Crippen LogP contribution in [0.3, 0.4) is 0 Å². The fourth-order valence-corrected chi connectivity index (χ4v) is 4.90. The minimum Gasteiger partial charge on any atom is -0.491 e. The summed E-state index contributed by atoms with van der Waals surface area (Å²) in [6.45, 7) is 5.24. The van der Waals surface area contributed by atoms with Crippen LogP contribution in [-0.2, 0) is 20.9 Å². The molecule has 4 rings (SSSR count). The van der Waals surface area contributed by atoms with Crippen molar-refractivity contribution in [3.63, 3.8) is 0 Å². The van der Waals surface area contributed by atoms with Gasteiger partial charge in [0.25, 0.3) is 0 Å². The first kappa shape index (κ1) is 24.5. The molecule has 1 aliphatic heterocycles. The normalized spacial score (nSPS) is 18.1. The molecule has 2 aliphatic rings. The van der Waals surface area contributed by atoms with E-state index in [-0.39, 0.29) is 11.9 Å². The zero-order valence-corrected chi connectivity index (χ0v) is 20.0. The standard InChI is InChI=1S/C27H34FNO5/c1-3-33-24-15-18(2)14-23(25(24)28)22-9-8-20(16-19(22)17-34-21-6-4-5-7-21)29-27(26(30)31)10-12-32-13-11-27/h8-9,14-16,21,29H,3-7,10-13,17H2,1-2H3,(H,30,31). The SMILES string of the molecule is CCOc1cc(C)cc(-c2ccc(NC3(C(=O)O)CCOCC3)cc2COC2CCCC2)c1F. The van der Waals surface area contributed by atoms with E-state index in [0.29, 0.717) is 50.5 Å². The molecule has 0 radical (unpaired) electrons. The summed E-state index contributed by atoms with van der Waals surface area (Å²) in [5.74, 6) is -1.06. The average molecular weight is 472 g/mol. The molecule has 0 amide bonds. The highest BCUT2D eigenvalue weighted by Gasteiger charge is 2.40. The largest absolute Gasteiger partial charge is 0.491 e. The number of hydrogen-bond donors (Lipinski definition) is 2. The van der Waals surface area contributed by atoms with Crippen LogP contribution in [0.5, 0.6) is 5.75 Å². The lowest BCUT2D eigenvalue weighted by Crippen LogP contribution is -2.50. The van der Waals surface area contributed by atoms with Gasteiger partial charge in [0.2, 0.25) is 0 Å². The molecular weight excluding hydrogens is 437 g/mol. The predicted octanol–water partition coefficient (Wildman–Crippen LogP) is 5.70. The van der Waals surface area contributed by atoms with Crippen molar-refractivity contribution in [1.82, 2.24) is 0 Å². The molecule has 1 heterocycles. The van der Waals surface area contributed by atoms with Crippen LogP contribution in [0, 0.1) is 12.7 Å². The number of nitrogens with one attached hydrogen (secondary N) is 1. The van der Waals surface area contributed by atoms with Gasteiger partial charge in [0, 0.05) is 37.3 Å². The number of carboxylic acid groups (broad SMARTS) is 1. The van der Waals surface area contributed by atoms with E-state index in [1.165, 1.54) is 0 Å². The summed E-state index contributed by atoms with van der Waals surface area (Å²) in [6, 6.07) is 9.08. The third-order valence-corrected chi connectivity index (χ3v) is 6.79. The van der Waals surface area contributed by atoms with Crippen LogP contribution in [-0.4, -0.2) is 42.5 Å². The van der Waals surface area contributed by atoms with Crippen LogP contribution in [0.25, 0.3) is 11.1 Å².